The summed E-state index contributed by atoms with van der Waals surface area (Å²) in [5.41, 5.74) is 5.29. The number of rotatable bonds is 1. The number of nitrogen functional groups attached to an aromatic ring is 1. The molecule has 0 amide bonds. The summed E-state index contributed by atoms with van der Waals surface area (Å²) in [6.07, 6.45) is 0.715. The molecule has 0 atom stereocenters. The minimum atomic E-state index is 0.157. The normalized spacial score (nSPS) is 9.80. The minimum absolute atomic E-state index is 0.157. The van der Waals surface area contributed by atoms with Crippen molar-refractivity contribution < 1.29 is 0 Å². The van der Waals surface area contributed by atoms with E-state index in [9.17, 15) is 0 Å². The number of hydrogen-bond acceptors (Lipinski definition) is 4. The first kappa shape index (κ1) is 7.21. The molecule has 10 heavy (non-hydrogen) atoms. The minimum Gasteiger partial charge on any atom is -0.368 e. The first-order valence-corrected chi connectivity index (χ1v) is 3.26. The second kappa shape index (κ2) is 2.79. The van der Waals surface area contributed by atoms with E-state index >= 15 is 0 Å². The maximum Gasteiger partial charge on any atom is 0.227 e. The Bertz CT molecular complexity index is 217. The summed E-state index contributed by atoms with van der Waals surface area (Å²) >= 11 is 5.49. The second-order valence-electron chi connectivity index (χ2n) is 1.73. The van der Waals surface area contributed by atoms with Crippen LogP contribution in [0.1, 0.15) is 12.7 Å². The van der Waals surface area contributed by atoms with E-state index in [4.69, 9.17) is 17.3 Å². The van der Waals surface area contributed by atoms with E-state index < -0.39 is 0 Å². The zero-order valence-corrected chi connectivity index (χ0v) is 6.26. The molecule has 1 heterocycles. The van der Waals surface area contributed by atoms with Crippen LogP contribution in [0.2, 0.25) is 5.28 Å². The summed E-state index contributed by atoms with van der Waals surface area (Å²) in [7, 11) is 0. The van der Waals surface area contributed by atoms with Gasteiger partial charge in [-0.2, -0.15) is 9.97 Å². The van der Waals surface area contributed by atoms with Crippen LogP contribution in [0.4, 0.5) is 5.95 Å². The Morgan fingerprint density at radius 3 is 2.60 bits per heavy atom. The highest BCUT2D eigenvalue weighted by Gasteiger charge is 1.97. The fraction of sp³-hybridized carbons (Fsp3) is 0.400. The first-order valence-electron chi connectivity index (χ1n) is 2.88. The van der Waals surface area contributed by atoms with Crippen LogP contribution in [0.15, 0.2) is 0 Å². The average Bonchev–Trinajstić information content (AvgIpc) is 1.85. The van der Waals surface area contributed by atoms with Gasteiger partial charge in [0.05, 0.1) is 0 Å². The standard InChI is InChI=1S/C5H7ClN4/c1-2-3-8-4(6)10-5(7)9-3/h2H2,1H3,(H2,7,8,9,10). The predicted octanol–water partition coefficient (Wildman–Crippen LogP) is 0.670. The molecule has 4 nitrogen and oxygen atoms in total. The number of nitrogens with two attached hydrogens (primary N) is 1. The molecular formula is C5H7ClN4. The lowest BCUT2D eigenvalue weighted by molar-refractivity contribution is 0.907. The zero-order chi connectivity index (χ0) is 7.56. The van der Waals surface area contributed by atoms with E-state index in [0.717, 1.165) is 0 Å². The highest BCUT2D eigenvalue weighted by atomic mass is 35.5. The van der Waals surface area contributed by atoms with Crippen molar-refractivity contribution >= 4 is 17.5 Å². The molecule has 1 aromatic heterocycles. The lowest BCUT2D eigenvalue weighted by Crippen LogP contribution is -2.01. The van der Waals surface area contributed by atoms with Crippen LogP contribution in [-0.4, -0.2) is 15.0 Å². The smallest absolute Gasteiger partial charge is 0.227 e. The number of halogens is 1. The highest BCUT2D eigenvalue weighted by molar-refractivity contribution is 6.28. The van der Waals surface area contributed by atoms with E-state index in [-0.39, 0.29) is 11.2 Å². The second-order valence-corrected chi connectivity index (χ2v) is 2.07. The van der Waals surface area contributed by atoms with E-state index in [0.29, 0.717) is 12.2 Å². The Hall–Kier alpha value is -0.900. The number of nitrogens with zero attached hydrogens (tertiary/aromatic N) is 3. The monoisotopic (exact) mass is 158 g/mol. The molecule has 0 radical (unpaired) electrons. The van der Waals surface area contributed by atoms with E-state index in [1.165, 1.54) is 0 Å². The molecule has 0 aliphatic heterocycles. The molecule has 54 valence electrons. The van der Waals surface area contributed by atoms with Gasteiger partial charge in [-0.05, 0) is 11.6 Å². The van der Waals surface area contributed by atoms with Crippen LogP contribution in [0, 0.1) is 0 Å². The number of hydrogen-bond donors (Lipinski definition) is 1. The quantitative estimate of drug-likeness (QED) is 0.653. The van der Waals surface area contributed by atoms with Crippen molar-refractivity contribution in [1.82, 2.24) is 15.0 Å². The SMILES string of the molecule is CCc1nc(N)nc(Cl)n1. The van der Waals surface area contributed by atoms with Crippen LogP contribution in [0.3, 0.4) is 0 Å². The van der Waals surface area contributed by atoms with Crippen molar-refractivity contribution in [1.29, 1.82) is 0 Å². The fourth-order valence-corrected chi connectivity index (χ4v) is 0.751. The van der Waals surface area contributed by atoms with Crippen molar-refractivity contribution in [3.05, 3.63) is 11.1 Å². The maximum atomic E-state index is 5.49. The fourth-order valence-electron chi connectivity index (χ4n) is 0.566. The molecule has 0 aliphatic carbocycles. The largest absolute Gasteiger partial charge is 0.368 e. The Morgan fingerprint density at radius 2 is 2.10 bits per heavy atom. The van der Waals surface area contributed by atoms with Gasteiger partial charge in [0.1, 0.15) is 5.82 Å². The van der Waals surface area contributed by atoms with Gasteiger partial charge in [-0.15, -0.1) is 0 Å². The van der Waals surface area contributed by atoms with Gasteiger partial charge in [0.2, 0.25) is 11.2 Å². The Balaban J connectivity index is 3.06. The van der Waals surface area contributed by atoms with Gasteiger partial charge >= 0.3 is 0 Å². The number of aryl methyl sites for hydroxylation is 1. The molecular weight excluding hydrogens is 152 g/mol. The number of aromatic nitrogens is 3. The van der Waals surface area contributed by atoms with Crippen molar-refractivity contribution in [3.63, 3.8) is 0 Å². The zero-order valence-electron chi connectivity index (χ0n) is 5.50. The highest BCUT2D eigenvalue weighted by Crippen LogP contribution is 2.02. The van der Waals surface area contributed by atoms with Crippen molar-refractivity contribution in [3.8, 4) is 0 Å². The van der Waals surface area contributed by atoms with E-state index in [1.54, 1.807) is 0 Å². The van der Waals surface area contributed by atoms with Gasteiger partial charge in [0, 0.05) is 6.42 Å². The lowest BCUT2D eigenvalue weighted by Gasteiger charge is -1.95. The van der Waals surface area contributed by atoms with Crippen molar-refractivity contribution in [2.24, 2.45) is 0 Å². The Morgan fingerprint density at radius 1 is 1.40 bits per heavy atom. The van der Waals surface area contributed by atoms with Gasteiger partial charge in [-0.25, -0.2) is 4.98 Å². The van der Waals surface area contributed by atoms with E-state index in [1.807, 2.05) is 6.92 Å². The molecule has 0 bridgehead atoms. The molecule has 0 saturated carbocycles. The summed E-state index contributed by atoms with van der Waals surface area (Å²) in [5, 5.41) is 0.157. The molecule has 1 aromatic rings. The third-order valence-corrected chi connectivity index (χ3v) is 1.16. The van der Waals surface area contributed by atoms with Gasteiger partial charge in [-0.3, -0.25) is 0 Å². The van der Waals surface area contributed by atoms with Crippen LogP contribution >= 0.6 is 11.6 Å². The van der Waals surface area contributed by atoms with Gasteiger partial charge < -0.3 is 5.73 Å². The Kier molecular flexibility index (Phi) is 2.01. The summed E-state index contributed by atoms with van der Waals surface area (Å²) in [4.78, 5) is 11.2. The molecule has 2 N–H and O–H groups in total. The van der Waals surface area contributed by atoms with Crippen LogP contribution in [0.25, 0.3) is 0 Å². The molecule has 5 heteroatoms. The van der Waals surface area contributed by atoms with Gasteiger partial charge in [0.25, 0.3) is 0 Å². The summed E-state index contributed by atoms with van der Waals surface area (Å²) in [6.45, 7) is 1.92. The third-order valence-electron chi connectivity index (χ3n) is 0.988. The summed E-state index contributed by atoms with van der Waals surface area (Å²) in [6, 6.07) is 0. The van der Waals surface area contributed by atoms with Crippen LogP contribution < -0.4 is 5.73 Å². The third kappa shape index (κ3) is 1.54. The van der Waals surface area contributed by atoms with Gasteiger partial charge in [0.15, 0.2) is 0 Å². The predicted molar refractivity (Wildman–Crippen MR) is 38.6 cm³/mol. The molecule has 0 unspecified atom stereocenters. The molecule has 0 spiro atoms. The lowest BCUT2D eigenvalue weighted by atomic mass is 10.5. The average molecular weight is 159 g/mol. The van der Waals surface area contributed by atoms with Crippen LogP contribution in [0.5, 0.6) is 0 Å². The maximum absolute atomic E-state index is 5.49. The summed E-state index contributed by atoms with van der Waals surface area (Å²) < 4.78 is 0. The first-order chi connectivity index (χ1) is 4.72. The Labute approximate surface area is 63.5 Å². The van der Waals surface area contributed by atoms with E-state index in [2.05, 4.69) is 15.0 Å². The summed E-state index contributed by atoms with van der Waals surface area (Å²) in [5.74, 6) is 0.800. The molecule has 0 saturated heterocycles. The van der Waals surface area contributed by atoms with Gasteiger partial charge in [-0.1, -0.05) is 6.92 Å². The molecule has 0 fully saturated rings. The number of anilines is 1. The molecule has 1 rings (SSSR count). The topological polar surface area (TPSA) is 64.7 Å². The molecule has 0 aliphatic rings. The van der Waals surface area contributed by atoms with Crippen LogP contribution in [-0.2, 0) is 6.42 Å². The molecule has 0 aromatic carbocycles. The van der Waals surface area contributed by atoms with Crippen molar-refractivity contribution in [2.75, 3.05) is 5.73 Å². The van der Waals surface area contributed by atoms with Crippen molar-refractivity contribution in [2.45, 2.75) is 13.3 Å².